The largest absolute Gasteiger partial charge is 0.508 e. The van der Waals surface area contributed by atoms with E-state index >= 15 is 38.4 Å². The number of aliphatic hydroxyl groups excluding tert-OH is 1. The number of amides is 13. The van der Waals surface area contributed by atoms with Gasteiger partial charge in [0, 0.05) is 162 Å². The normalized spacial score (nSPS) is 24.9. The van der Waals surface area contributed by atoms with Crippen LogP contribution in [0.2, 0.25) is 0 Å². The number of rotatable bonds is 26. The Morgan fingerprint density at radius 3 is 1.78 bits per heavy atom. The zero-order valence-corrected chi connectivity index (χ0v) is 78.7. The van der Waals surface area contributed by atoms with E-state index in [0.29, 0.717) is 49.8 Å². The van der Waals surface area contributed by atoms with Crippen LogP contribution in [-0.2, 0) is 112 Å². The highest BCUT2D eigenvalue weighted by atomic mass is 32.2. The molecule has 15 atom stereocenters. The number of fused-ring (bicyclic) bond motifs is 4. The summed E-state index contributed by atoms with van der Waals surface area (Å²) in [5.74, 6) is -21.4. The number of ketones is 4. The first-order valence-corrected chi connectivity index (χ1v) is 47.1. The van der Waals surface area contributed by atoms with Gasteiger partial charge >= 0.3 is 12.1 Å². The molecule has 0 spiro atoms. The average Bonchev–Trinajstić information content (AvgIpc) is 1.75. The highest BCUT2D eigenvalue weighted by Crippen LogP contribution is 2.31. The number of unbranched alkanes of at least 4 members (excludes halogenated alkanes) is 1. The Hall–Kier alpha value is -12.9. The number of aromatic hydroxyl groups is 1. The number of alkyl halides is 3. The number of primary amides is 1. The first-order valence-electron chi connectivity index (χ1n) is 46.0. The van der Waals surface area contributed by atoms with E-state index in [4.69, 9.17) is 11.5 Å². The predicted molar refractivity (Wildman–Crippen MR) is 495 cm³/mol. The van der Waals surface area contributed by atoms with E-state index in [1.54, 1.807) is 69.3 Å². The highest BCUT2D eigenvalue weighted by Gasteiger charge is 2.47. The summed E-state index contributed by atoms with van der Waals surface area (Å²) in [5.41, 5.74) is 14.4. The minimum absolute atomic E-state index is 0.0582. The molecule has 0 bridgehead atoms. The minimum Gasteiger partial charge on any atom is -0.508 e. The fourth-order valence-electron chi connectivity index (χ4n) is 17.4. The molecule has 3 aliphatic rings. The SMILES string of the molecule is CCCC[C@H]1C(=O)N[C@@H](CC(C)C)C(=O)C[C@H](C(=O)CCC(C)=O)CSCC(=O)N[C@@H](Cc2ccc(O)cc2)C(=O)N(C)[C@@H](C)C(=O)C[C@@H](CC(N)=O)C(=O)N2CCC[C@H]2C(=O)N[C@@H](Cc2cnc[nH]2)C(=O)N[C@@H](CCC(=O)O)C(=O)N2C[C@H](O)C[C@H]2C(=O)N[C@@H](Cc2c[nH]c3ccccc23)C(=O)N[C@@H](CCN)C(=O)N[C@@H](Cc2c[nH]c3ccccc23)C(=O)N(CCC(F)(F)F)[C@@H](C)C(=O)N1C. The van der Waals surface area contributed by atoms with Gasteiger partial charge in [0.1, 0.15) is 77.7 Å². The van der Waals surface area contributed by atoms with Gasteiger partial charge in [0.05, 0.1) is 42.6 Å². The predicted octanol–water partition coefficient (Wildman–Crippen LogP) is 2.70. The van der Waals surface area contributed by atoms with Gasteiger partial charge in [-0.15, -0.1) is 0 Å². The summed E-state index contributed by atoms with van der Waals surface area (Å²) >= 11 is 0.868. The molecule has 3 aliphatic heterocycles. The van der Waals surface area contributed by atoms with Crippen molar-refractivity contribution >= 4 is 139 Å². The van der Waals surface area contributed by atoms with Crippen LogP contribution in [0, 0.1) is 17.8 Å². The van der Waals surface area contributed by atoms with Crippen molar-refractivity contribution in [3.8, 4) is 5.75 Å². The monoisotopic (exact) mass is 1930 g/mol. The number of thioether (sulfide) groups is 1. The van der Waals surface area contributed by atoms with Gasteiger partial charge in [-0.1, -0.05) is 82.1 Å². The number of likely N-dealkylation sites (N-methyl/N-ethyl adjacent to an activating group) is 2. The van der Waals surface area contributed by atoms with Gasteiger partial charge in [-0.2, -0.15) is 24.9 Å². The smallest absolute Gasteiger partial charge is 0.390 e. The molecule has 43 heteroatoms. The molecule has 0 radical (unpaired) electrons. The molecule has 6 heterocycles. The van der Waals surface area contributed by atoms with E-state index in [9.17, 15) is 76.4 Å². The number of imidazole rings is 1. The molecule has 6 aromatic rings. The minimum atomic E-state index is -5.00. The summed E-state index contributed by atoms with van der Waals surface area (Å²) in [6.45, 7) is 6.59. The molecule has 17 N–H and O–H groups in total. The molecule has 137 heavy (non-hydrogen) atoms. The van der Waals surface area contributed by atoms with Crippen molar-refractivity contribution in [3.05, 3.63) is 120 Å². The number of nitrogens with zero attached hydrogens (tertiary/aromatic N) is 6. The lowest BCUT2D eigenvalue weighted by molar-refractivity contribution is -0.157. The number of aromatic nitrogens is 4. The summed E-state index contributed by atoms with van der Waals surface area (Å²) in [7, 11) is 2.43. The topological polar surface area (TPSA) is 581 Å². The Labute approximate surface area is 793 Å². The van der Waals surface area contributed by atoms with Crippen LogP contribution >= 0.6 is 11.8 Å². The summed E-state index contributed by atoms with van der Waals surface area (Å²) in [5, 5.41) is 51.4. The fourth-order valence-corrected chi connectivity index (χ4v) is 18.3. The number of carboxylic acids is 1. The van der Waals surface area contributed by atoms with Crippen LogP contribution in [-0.4, -0.2) is 302 Å². The molecular formula is C94H125F3N18O21S. The second-order valence-electron chi connectivity index (χ2n) is 35.9. The first kappa shape index (κ1) is 108. The number of carboxylic acid groups (broad SMARTS) is 1. The van der Waals surface area contributed by atoms with Crippen LogP contribution in [0.15, 0.2) is 97.7 Å². The third-order valence-corrected chi connectivity index (χ3v) is 26.1. The van der Waals surface area contributed by atoms with Crippen molar-refractivity contribution in [2.24, 2.45) is 29.2 Å². The van der Waals surface area contributed by atoms with E-state index in [-0.39, 0.29) is 93.4 Å². The second-order valence-corrected chi connectivity index (χ2v) is 36.9. The van der Waals surface area contributed by atoms with Crippen molar-refractivity contribution in [3.63, 3.8) is 0 Å². The summed E-state index contributed by atoms with van der Waals surface area (Å²) < 4.78 is 44.5. The van der Waals surface area contributed by atoms with E-state index in [2.05, 4.69) is 57.2 Å². The maximum absolute atomic E-state index is 15.8. The maximum Gasteiger partial charge on any atom is 0.390 e. The number of Topliss-reactive ketones (excluding diaryl/α,β-unsaturated/α-hetero) is 4. The van der Waals surface area contributed by atoms with Crippen LogP contribution in [0.25, 0.3) is 21.8 Å². The molecule has 0 aliphatic carbocycles. The number of aromatic amines is 3. The van der Waals surface area contributed by atoms with Crippen molar-refractivity contribution in [1.82, 2.24) is 81.7 Å². The number of benzene rings is 3. The number of carbonyl (C=O) groups excluding carboxylic acids is 17. The summed E-state index contributed by atoms with van der Waals surface area (Å²) in [6, 6.07) is -0.767. The average molecular weight is 1930 g/mol. The van der Waals surface area contributed by atoms with Gasteiger partial charge < -0.3 is 108 Å². The fraction of sp³-hybridized carbons (Fsp3) is 0.543. The number of phenolic OH excluding ortho intramolecular Hbond substituents is 1. The quantitative estimate of drug-likeness (QED) is 0.0371. The molecule has 3 saturated heterocycles. The van der Waals surface area contributed by atoms with Crippen LogP contribution < -0.4 is 48.7 Å². The Bertz CT molecular complexity index is 5320. The van der Waals surface area contributed by atoms with Gasteiger partial charge in [0.2, 0.25) is 76.8 Å². The molecule has 3 fully saturated rings. The number of hydrogen-bond donors (Lipinski definition) is 15. The van der Waals surface area contributed by atoms with Crippen molar-refractivity contribution in [2.45, 2.75) is 255 Å². The first-order chi connectivity index (χ1) is 64.9. The lowest BCUT2D eigenvalue weighted by Crippen LogP contribution is -2.61. The van der Waals surface area contributed by atoms with Crippen LogP contribution in [0.4, 0.5) is 13.2 Å². The number of H-pyrrole nitrogens is 3. The van der Waals surface area contributed by atoms with E-state index in [1.165, 1.54) is 77.1 Å². The number of aliphatic hydroxyl groups is 1. The van der Waals surface area contributed by atoms with E-state index in [0.717, 1.165) is 38.3 Å². The number of nitrogens with one attached hydrogen (secondary N) is 10. The molecule has 9 rings (SSSR count). The number of para-hydroxylation sites is 2. The lowest BCUT2D eigenvalue weighted by atomic mass is 9.90. The summed E-state index contributed by atoms with van der Waals surface area (Å²) in [4.78, 5) is 281. The maximum atomic E-state index is 15.8. The number of carbonyl (C=O) groups is 18. The molecular weight excluding hydrogens is 1810 g/mol. The number of nitrogens with two attached hydrogens (primary N) is 2. The Morgan fingerprint density at radius 2 is 1.19 bits per heavy atom. The van der Waals surface area contributed by atoms with Gasteiger partial charge in [-0.05, 0) is 113 Å². The molecule has 0 unspecified atom stereocenters. The highest BCUT2D eigenvalue weighted by molar-refractivity contribution is 7.99. The number of phenols is 1. The molecule has 39 nitrogen and oxygen atoms in total. The third-order valence-electron chi connectivity index (χ3n) is 25.0. The van der Waals surface area contributed by atoms with Crippen LogP contribution in [0.1, 0.15) is 167 Å². The Kier molecular flexibility index (Phi) is 39.5. The van der Waals surface area contributed by atoms with Gasteiger partial charge in [-0.3, -0.25) is 81.5 Å². The number of halogens is 3. The zero-order chi connectivity index (χ0) is 100. The van der Waals surface area contributed by atoms with Crippen LogP contribution in [0.5, 0.6) is 5.75 Å². The molecule has 744 valence electrons. The Balaban J connectivity index is 1.12. The van der Waals surface area contributed by atoms with Crippen molar-refractivity contribution < 1.29 is 115 Å². The standard InChI is InChI=1S/C94H125F3N18O21S/c1-9-10-20-74-86(129)107-69(35-51(2)3)79(121)40-59(77(119)28-22-52(4)116)48-137-49-81(123)104-72(36-55-23-25-61(117)26-24-55)91(134)111(7)53(5)78(120)39-56(41-80(99)122)90(133)114-33-15-21-75(114)87(130)109-71(42-60-46-100-50-103-60)85(128)106-68(27-29-82(124)125)92(135)115-47-62(118)43-76(115)88(131)108-70(37-57-44-101-65-18-13-11-16-63(57)65)84(127)105-67(30-32-98)83(126)110-73(38-58-45-102-66-19-14-12-17-64(58)66)93(136)113(34-31-94(95,96)97)54(6)89(132)112(74)8/h11-14,16-19,23-26,44-46,50-51,53-54,56,59,62,67-76,101-102,117-118H,9-10,15,20-22,27-43,47-49,98H2,1-8H3,(H2,99,122)(H,100,103)(H,104,123)(H,105,127)(H,106,128)(H,107,129)(H,108,131)(H,109,130)(H,110,126)(H,124,125)/t53-,54-,56-,59-,62+,67-,68-,69-,70-,71-,72-,73-,74-,75-,76-/m0/s1. The number of hydrogen-bond acceptors (Lipinski definition) is 23. The zero-order valence-electron chi connectivity index (χ0n) is 77.9. The molecule has 13 amide bonds. The number of aliphatic carboxylic acids is 1. The van der Waals surface area contributed by atoms with E-state index < -0.39 is 286 Å². The van der Waals surface area contributed by atoms with Gasteiger partial charge in [-0.25, -0.2) is 4.98 Å². The third kappa shape index (κ3) is 30.5. The van der Waals surface area contributed by atoms with Crippen molar-refractivity contribution in [2.75, 3.05) is 51.8 Å². The van der Waals surface area contributed by atoms with Gasteiger partial charge in [0.15, 0.2) is 11.6 Å². The lowest BCUT2D eigenvalue weighted by Gasteiger charge is -2.37. The summed E-state index contributed by atoms with van der Waals surface area (Å²) in [6.07, 6.45) is -8.72. The molecule has 3 aromatic heterocycles. The van der Waals surface area contributed by atoms with E-state index in [1.807, 2.05) is 0 Å². The van der Waals surface area contributed by atoms with Crippen LogP contribution in [0.3, 0.4) is 0 Å². The second kappa shape index (κ2) is 50.2. The van der Waals surface area contributed by atoms with Crippen molar-refractivity contribution in [1.29, 1.82) is 0 Å². The Morgan fingerprint density at radius 1 is 0.606 bits per heavy atom. The van der Waals surface area contributed by atoms with Gasteiger partial charge in [0.25, 0.3) is 0 Å². The molecule has 0 saturated carbocycles. The molecule has 3 aromatic carbocycles.